The minimum Gasteiger partial charge on any atom is -0.406 e. The van der Waals surface area contributed by atoms with E-state index in [-0.39, 0.29) is 11.6 Å². The number of ether oxygens (including phenoxy) is 1. The first-order chi connectivity index (χ1) is 20.3. The Labute approximate surface area is 237 Å². The van der Waals surface area contributed by atoms with Crippen molar-refractivity contribution in [3.8, 4) is 28.0 Å². The molecule has 5 heteroatoms. The zero-order valence-electron chi connectivity index (χ0n) is 22.0. The molecule has 0 amide bonds. The first-order valence-electron chi connectivity index (χ1n) is 13.5. The Hall–Kier alpha value is -5.16. The van der Waals surface area contributed by atoms with Crippen molar-refractivity contribution in [1.82, 2.24) is 0 Å². The number of halogens is 4. The van der Waals surface area contributed by atoms with Crippen LogP contribution in [0.25, 0.3) is 76.1 Å². The van der Waals surface area contributed by atoms with Crippen molar-refractivity contribution in [2.45, 2.75) is 6.36 Å². The molecule has 0 spiro atoms. The van der Waals surface area contributed by atoms with Crippen LogP contribution in [0, 0.1) is 5.82 Å². The molecule has 8 rings (SSSR count). The Kier molecular flexibility index (Phi) is 5.23. The van der Waals surface area contributed by atoms with Crippen LogP contribution in [0.2, 0.25) is 0 Å². The largest absolute Gasteiger partial charge is 0.573 e. The molecular formula is C37H20F4O. The molecule has 0 fully saturated rings. The number of rotatable bonds is 3. The highest BCUT2D eigenvalue weighted by atomic mass is 19.4. The first-order valence-corrected chi connectivity index (χ1v) is 13.5. The first kappa shape index (κ1) is 24.6. The summed E-state index contributed by atoms with van der Waals surface area (Å²) in [6.45, 7) is 0. The average molecular weight is 557 g/mol. The summed E-state index contributed by atoms with van der Waals surface area (Å²) in [7, 11) is 0. The van der Waals surface area contributed by atoms with Gasteiger partial charge in [-0.15, -0.1) is 13.2 Å². The van der Waals surface area contributed by atoms with Gasteiger partial charge in [-0.2, -0.15) is 0 Å². The van der Waals surface area contributed by atoms with Crippen molar-refractivity contribution in [1.29, 1.82) is 0 Å². The van der Waals surface area contributed by atoms with Crippen LogP contribution in [-0.4, -0.2) is 6.36 Å². The molecule has 0 radical (unpaired) electrons. The lowest BCUT2D eigenvalue weighted by atomic mass is 9.84. The van der Waals surface area contributed by atoms with Gasteiger partial charge in [-0.3, -0.25) is 0 Å². The lowest BCUT2D eigenvalue weighted by Crippen LogP contribution is -2.16. The zero-order chi connectivity index (χ0) is 28.6. The maximum Gasteiger partial charge on any atom is 0.573 e. The summed E-state index contributed by atoms with van der Waals surface area (Å²) < 4.78 is 56.7. The molecular weight excluding hydrogens is 536 g/mol. The van der Waals surface area contributed by atoms with Crippen LogP contribution in [0.15, 0.2) is 121 Å². The topological polar surface area (TPSA) is 9.23 Å². The summed E-state index contributed by atoms with van der Waals surface area (Å²) in [6.07, 6.45) is -4.75. The van der Waals surface area contributed by atoms with Gasteiger partial charge in [-0.05, 0) is 113 Å². The van der Waals surface area contributed by atoms with Crippen LogP contribution in [0.5, 0.6) is 5.75 Å². The molecule has 0 bridgehead atoms. The van der Waals surface area contributed by atoms with E-state index in [4.69, 9.17) is 0 Å². The summed E-state index contributed by atoms with van der Waals surface area (Å²) in [5.74, 6) is -0.504. The van der Waals surface area contributed by atoms with Gasteiger partial charge in [-0.25, -0.2) is 4.39 Å². The maximum absolute atomic E-state index is 14.2. The van der Waals surface area contributed by atoms with E-state index in [1.165, 1.54) is 12.1 Å². The van der Waals surface area contributed by atoms with Crippen molar-refractivity contribution in [3.05, 3.63) is 127 Å². The van der Waals surface area contributed by atoms with Gasteiger partial charge in [0.1, 0.15) is 11.6 Å². The molecule has 42 heavy (non-hydrogen) atoms. The molecule has 0 aromatic heterocycles. The third-order valence-corrected chi connectivity index (χ3v) is 8.10. The molecule has 0 saturated heterocycles. The Morgan fingerprint density at radius 1 is 0.452 bits per heavy atom. The highest BCUT2D eigenvalue weighted by molar-refractivity contribution is 6.26. The average Bonchev–Trinajstić information content (AvgIpc) is 2.98. The van der Waals surface area contributed by atoms with Crippen molar-refractivity contribution in [2.75, 3.05) is 0 Å². The molecule has 1 nitrogen and oxygen atoms in total. The number of hydrogen-bond donors (Lipinski definition) is 0. The standard InChI is InChI=1S/C37H20F4O/c38-27-19-24-11-9-22-17-26(18-23-10-12-25(20-27)34(24)33(22)23)36-31-7-3-1-5-29(31)35(30-6-2-4-8-32(30)36)21-13-15-28(16-14-21)42-37(39,40)41/h1-20H. The summed E-state index contributed by atoms with van der Waals surface area (Å²) in [4.78, 5) is 0. The molecule has 8 aromatic rings. The van der Waals surface area contributed by atoms with Gasteiger partial charge in [0, 0.05) is 0 Å². The molecule has 202 valence electrons. The van der Waals surface area contributed by atoms with Crippen molar-refractivity contribution < 1.29 is 22.3 Å². The van der Waals surface area contributed by atoms with E-state index < -0.39 is 6.36 Å². The SMILES string of the molecule is Fc1cc2ccc3cc(-c4c5ccccc5c(-c5ccc(OC(F)(F)F)cc5)c5ccccc45)cc4ccc(c1)c2c34. The Morgan fingerprint density at radius 2 is 0.857 bits per heavy atom. The fraction of sp³-hybridized carbons (Fsp3) is 0.0270. The van der Waals surface area contributed by atoms with Crippen LogP contribution in [0.1, 0.15) is 0 Å². The fourth-order valence-electron chi connectivity index (χ4n) is 6.52. The third kappa shape index (κ3) is 3.85. The normalized spacial score (nSPS) is 12.3. The lowest BCUT2D eigenvalue weighted by Gasteiger charge is -2.19. The number of benzene rings is 8. The third-order valence-electron chi connectivity index (χ3n) is 8.10. The maximum atomic E-state index is 14.2. The van der Waals surface area contributed by atoms with Crippen LogP contribution in [0.4, 0.5) is 17.6 Å². The van der Waals surface area contributed by atoms with Crippen molar-refractivity contribution in [2.24, 2.45) is 0 Å². The highest BCUT2D eigenvalue weighted by Gasteiger charge is 2.31. The predicted molar refractivity (Wildman–Crippen MR) is 163 cm³/mol. The van der Waals surface area contributed by atoms with Gasteiger partial charge in [0.2, 0.25) is 0 Å². The molecule has 0 atom stereocenters. The van der Waals surface area contributed by atoms with Crippen LogP contribution in [-0.2, 0) is 0 Å². The molecule has 0 aliphatic carbocycles. The van der Waals surface area contributed by atoms with Gasteiger partial charge in [0.05, 0.1) is 0 Å². The molecule has 0 aliphatic heterocycles. The van der Waals surface area contributed by atoms with Crippen LogP contribution >= 0.6 is 0 Å². The monoisotopic (exact) mass is 556 g/mol. The molecule has 0 aliphatic rings. The van der Waals surface area contributed by atoms with Gasteiger partial charge >= 0.3 is 6.36 Å². The quantitative estimate of drug-likeness (QED) is 0.119. The Bertz CT molecular complexity index is 2190. The molecule has 0 unspecified atom stereocenters. The predicted octanol–water partition coefficient (Wildman–Crippen LogP) is 11.3. The molecule has 0 heterocycles. The van der Waals surface area contributed by atoms with E-state index in [1.807, 2.05) is 36.4 Å². The smallest absolute Gasteiger partial charge is 0.406 e. The zero-order valence-corrected chi connectivity index (χ0v) is 22.0. The minimum absolute atomic E-state index is 0.248. The summed E-state index contributed by atoms with van der Waals surface area (Å²) >= 11 is 0. The van der Waals surface area contributed by atoms with Crippen molar-refractivity contribution >= 4 is 53.9 Å². The molecule has 0 N–H and O–H groups in total. The second-order valence-electron chi connectivity index (χ2n) is 10.6. The lowest BCUT2D eigenvalue weighted by molar-refractivity contribution is -0.274. The Balaban J connectivity index is 1.41. The van der Waals surface area contributed by atoms with Gasteiger partial charge < -0.3 is 4.74 Å². The van der Waals surface area contributed by atoms with Crippen molar-refractivity contribution in [3.63, 3.8) is 0 Å². The second kappa shape index (κ2) is 8.92. The van der Waals surface area contributed by atoms with E-state index in [9.17, 15) is 17.6 Å². The van der Waals surface area contributed by atoms with Crippen LogP contribution in [0.3, 0.4) is 0 Å². The Morgan fingerprint density at radius 3 is 1.29 bits per heavy atom. The summed E-state index contributed by atoms with van der Waals surface area (Å²) in [5.41, 5.74) is 3.88. The van der Waals surface area contributed by atoms with Gasteiger partial charge in [0.15, 0.2) is 0 Å². The molecule has 0 saturated carbocycles. The second-order valence-corrected chi connectivity index (χ2v) is 10.6. The van der Waals surface area contributed by atoms with Crippen LogP contribution < -0.4 is 4.74 Å². The van der Waals surface area contributed by atoms with Gasteiger partial charge in [-0.1, -0.05) is 84.9 Å². The summed E-state index contributed by atoms with van der Waals surface area (Å²) in [6, 6.07) is 37.9. The number of hydrogen-bond acceptors (Lipinski definition) is 1. The summed E-state index contributed by atoms with van der Waals surface area (Å²) in [5, 5.41) is 10.1. The van der Waals surface area contributed by atoms with E-state index in [0.717, 1.165) is 76.1 Å². The number of fused-ring (bicyclic) bond motifs is 2. The molecule has 8 aromatic carbocycles. The van der Waals surface area contributed by atoms with Gasteiger partial charge in [0.25, 0.3) is 0 Å². The van der Waals surface area contributed by atoms with E-state index in [1.54, 1.807) is 24.3 Å². The number of alkyl halides is 3. The highest BCUT2D eigenvalue weighted by Crippen LogP contribution is 2.46. The van der Waals surface area contributed by atoms with E-state index in [0.29, 0.717) is 0 Å². The minimum atomic E-state index is -4.75. The van der Waals surface area contributed by atoms with E-state index in [2.05, 4.69) is 53.3 Å². The van der Waals surface area contributed by atoms with E-state index >= 15 is 0 Å². The fourth-order valence-corrected chi connectivity index (χ4v) is 6.52.